The number of carbonyl (C=O) groups is 2. The highest BCUT2D eigenvalue weighted by Gasteiger charge is 2.23. The highest BCUT2D eigenvalue weighted by Crippen LogP contribution is 2.15. The third-order valence-corrected chi connectivity index (χ3v) is 4.79. The number of rotatable bonds is 5. The van der Waals surface area contributed by atoms with Gasteiger partial charge in [0.1, 0.15) is 11.6 Å². The van der Waals surface area contributed by atoms with E-state index < -0.39 is 0 Å². The van der Waals surface area contributed by atoms with Gasteiger partial charge in [-0.3, -0.25) is 14.6 Å². The molecule has 8 heteroatoms. The van der Waals surface area contributed by atoms with Crippen LogP contribution in [0.4, 0.5) is 5.82 Å². The van der Waals surface area contributed by atoms with Crippen molar-refractivity contribution in [1.82, 2.24) is 20.2 Å². The zero-order valence-electron chi connectivity index (χ0n) is 15.8. The molecular formula is C21H21N5O3. The lowest BCUT2D eigenvalue weighted by atomic mass is 10.1. The van der Waals surface area contributed by atoms with E-state index in [4.69, 9.17) is 4.42 Å². The van der Waals surface area contributed by atoms with Crippen LogP contribution in [-0.2, 0) is 6.54 Å². The van der Waals surface area contributed by atoms with Crippen LogP contribution in [0.15, 0.2) is 65.7 Å². The summed E-state index contributed by atoms with van der Waals surface area (Å²) in [6.45, 7) is 2.87. The van der Waals surface area contributed by atoms with Crippen LogP contribution in [-0.4, -0.2) is 52.9 Å². The van der Waals surface area contributed by atoms with Gasteiger partial charge in [-0.25, -0.2) is 4.98 Å². The Balaban J connectivity index is 1.36. The largest absolute Gasteiger partial charge is 0.467 e. The van der Waals surface area contributed by atoms with Gasteiger partial charge in [0.15, 0.2) is 0 Å². The summed E-state index contributed by atoms with van der Waals surface area (Å²) in [5.41, 5.74) is 0.747. The lowest BCUT2D eigenvalue weighted by Gasteiger charge is -2.35. The average molecular weight is 391 g/mol. The highest BCUT2D eigenvalue weighted by atomic mass is 16.3. The van der Waals surface area contributed by atoms with E-state index in [2.05, 4.69) is 20.2 Å². The molecule has 3 aromatic rings. The fourth-order valence-electron chi connectivity index (χ4n) is 3.23. The van der Waals surface area contributed by atoms with Crippen molar-refractivity contribution >= 4 is 17.6 Å². The third-order valence-electron chi connectivity index (χ3n) is 4.79. The van der Waals surface area contributed by atoms with Crippen molar-refractivity contribution in [2.24, 2.45) is 0 Å². The van der Waals surface area contributed by atoms with E-state index in [-0.39, 0.29) is 18.4 Å². The molecule has 1 N–H and O–H groups in total. The second-order valence-corrected chi connectivity index (χ2v) is 6.69. The van der Waals surface area contributed by atoms with Crippen LogP contribution in [0.25, 0.3) is 0 Å². The Morgan fingerprint density at radius 1 is 1.03 bits per heavy atom. The topological polar surface area (TPSA) is 91.6 Å². The number of furan rings is 1. The molecule has 0 saturated carbocycles. The number of hydrogen-bond acceptors (Lipinski definition) is 6. The standard InChI is InChI=1S/C21H21N5O3/c27-20(24-15-18-4-3-11-29-18)16-12-17(14-22-13-16)21(28)26-9-7-25(8-10-26)19-5-1-2-6-23-19/h1-6,11-14H,7-10,15H2,(H,24,27). The summed E-state index contributed by atoms with van der Waals surface area (Å²) in [6.07, 6.45) is 6.26. The molecule has 0 radical (unpaired) electrons. The first-order valence-electron chi connectivity index (χ1n) is 9.41. The minimum atomic E-state index is -0.302. The van der Waals surface area contributed by atoms with Crippen LogP contribution in [0.2, 0.25) is 0 Å². The van der Waals surface area contributed by atoms with Gasteiger partial charge in [-0.1, -0.05) is 6.07 Å². The number of hydrogen-bond donors (Lipinski definition) is 1. The lowest BCUT2D eigenvalue weighted by molar-refractivity contribution is 0.0746. The molecule has 2 amide bonds. The fraction of sp³-hybridized carbons (Fsp3) is 0.238. The van der Waals surface area contributed by atoms with Gasteiger partial charge in [-0.15, -0.1) is 0 Å². The van der Waals surface area contributed by atoms with E-state index >= 15 is 0 Å². The molecule has 1 aliphatic rings. The number of nitrogens with zero attached hydrogens (tertiary/aromatic N) is 4. The Morgan fingerprint density at radius 2 is 1.86 bits per heavy atom. The van der Waals surface area contributed by atoms with Gasteiger partial charge in [0.2, 0.25) is 0 Å². The molecule has 0 aromatic carbocycles. The van der Waals surface area contributed by atoms with Crippen LogP contribution in [0, 0.1) is 0 Å². The Hall–Kier alpha value is -3.68. The molecule has 148 valence electrons. The van der Waals surface area contributed by atoms with E-state index in [9.17, 15) is 9.59 Å². The summed E-state index contributed by atoms with van der Waals surface area (Å²) >= 11 is 0. The number of amides is 2. The molecule has 8 nitrogen and oxygen atoms in total. The molecule has 1 aliphatic heterocycles. The predicted molar refractivity (Wildman–Crippen MR) is 106 cm³/mol. The number of aromatic nitrogens is 2. The number of piperazine rings is 1. The van der Waals surface area contributed by atoms with E-state index in [1.165, 1.54) is 12.4 Å². The molecule has 1 saturated heterocycles. The molecule has 0 spiro atoms. The smallest absolute Gasteiger partial charge is 0.255 e. The second-order valence-electron chi connectivity index (χ2n) is 6.69. The maximum absolute atomic E-state index is 12.9. The number of carbonyl (C=O) groups excluding carboxylic acids is 2. The number of nitrogens with one attached hydrogen (secondary N) is 1. The monoisotopic (exact) mass is 391 g/mol. The number of pyridine rings is 2. The average Bonchev–Trinajstić information content (AvgIpc) is 3.31. The molecule has 4 rings (SSSR count). The van der Waals surface area contributed by atoms with Crippen LogP contribution in [0.3, 0.4) is 0 Å². The Morgan fingerprint density at radius 3 is 2.59 bits per heavy atom. The van der Waals surface area contributed by atoms with Gasteiger partial charge in [0, 0.05) is 44.8 Å². The lowest BCUT2D eigenvalue weighted by Crippen LogP contribution is -2.49. The summed E-state index contributed by atoms with van der Waals surface area (Å²) in [5.74, 6) is 1.14. The highest BCUT2D eigenvalue weighted by molar-refractivity contribution is 5.99. The van der Waals surface area contributed by atoms with Gasteiger partial charge < -0.3 is 19.5 Å². The molecule has 4 heterocycles. The Labute approximate surface area is 168 Å². The molecule has 1 fully saturated rings. The zero-order chi connectivity index (χ0) is 20.1. The van der Waals surface area contributed by atoms with Crippen molar-refractivity contribution < 1.29 is 14.0 Å². The SMILES string of the molecule is O=C(NCc1ccco1)c1cncc(C(=O)N2CCN(c3ccccn3)CC2)c1. The first-order valence-corrected chi connectivity index (χ1v) is 9.41. The van der Waals surface area contributed by atoms with E-state index in [1.807, 2.05) is 18.2 Å². The van der Waals surface area contributed by atoms with Gasteiger partial charge in [0.05, 0.1) is 23.9 Å². The van der Waals surface area contributed by atoms with Crippen molar-refractivity contribution in [3.8, 4) is 0 Å². The van der Waals surface area contributed by atoms with E-state index in [0.717, 1.165) is 5.82 Å². The van der Waals surface area contributed by atoms with Gasteiger partial charge in [-0.2, -0.15) is 0 Å². The Kier molecular flexibility index (Phi) is 5.51. The van der Waals surface area contributed by atoms with Crippen molar-refractivity contribution in [3.63, 3.8) is 0 Å². The van der Waals surface area contributed by atoms with Gasteiger partial charge in [-0.05, 0) is 30.3 Å². The van der Waals surface area contributed by atoms with Crippen molar-refractivity contribution in [2.45, 2.75) is 6.54 Å². The maximum atomic E-state index is 12.9. The van der Waals surface area contributed by atoms with Crippen LogP contribution < -0.4 is 10.2 Å². The predicted octanol–water partition coefficient (Wildman–Crippen LogP) is 1.96. The van der Waals surface area contributed by atoms with Gasteiger partial charge >= 0.3 is 0 Å². The quantitative estimate of drug-likeness (QED) is 0.715. The summed E-state index contributed by atoms with van der Waals surface area (Å²) in [7, 11) is 0. The first-order chi connectivity index (χ1) is 14.2. The molecule has 3 aromatic heterocycles. The van der Waals surface area contributed by atoms with E-state index in [1.54, 1.807) is 35.6 Å². The molecule has 0 atom stereocenters. The van der Waals surface area contributed by atoms with Crippen molar-refractivity contribution in [2.75, 3.05) is 31.1 Å². The zero-order valence-corrected chi connectivity index (χ0v) is 15.8. The summed E-state index contributed by atoms with van der Waals surface area (Å²) in [4.78, 5) is 37.6. The first kappa shape index (κ1) is 18.7. The maximum Gasteiger partial charge on any atom is 0.255 e. The normalized spacial score (nSPS) is 13.9. The summed E-state index contributed by atoms with van der Waals surface area (Å²) in [6, 6.07) is 10.9. The van der Waals surface area contributed by atoms with Crippen molar-refractivity contribution in [1.29, 1.82) is 0 Å². The minimum absolute atomic E-state index is 0.126. The molecule has 0 bridgehead atoms. The number of anilines is 1. The minimum Gasteiger partial charge on any atom is -0.467 e. The van der Waals surface area contributed by atoms with Gasteiger partial charge in [0.25, 0.3) is 11.8 Å². The molecule has 0 unspecified atom stereocenters. The molecule has 0 aliphatic carbocycles. The van der Waals surface area contributed by atoms with Crippen molar-refractivity contribution in [3.05, 3.63) is 78.1 Å². The molecule has 29 heavy (non-hydrogen) atoms. The second kappa shape index (κ2) is 8.55. The summed E-state index contributed by atoms with van der Waals surface area (Å²) in [5, 5.41) is 2.76. The fourth-order valence-corrected chi connectivity index (χ4v) is 3.23. The van der Waals surface area contributed by atoms with Crippen LogP contribution >= 0.6 is 0 Å². The third kappa shape index (κ3) is 4.43. The Bertz CT molecular complexity index is 967. The summed E-state index contributed by atoms with van der Waals surface area (Å²) < 4.78 is 5.20. The van der Waals surface area contributed by atoms with Crippen LogP contribution in [0.1, 0.15) is 26.5 Å². The van der Waals surface area contributed by atoms with Crippen LogP contribution in [0.5, 0.6) is 0 Å². The van der Waals surface area contributed by atoms with E-state index in [0.29, 0.717) is 43.1 Å². The molecular weight excluding hydrogens is 370 g/mol.